The van der Waals surface area contributed by atoms with Gasteiger partial charge < -0.3 is 19.5 Å². The van der Waals surface area contributed by atoms with Crippen LogP contribution in [0.4, 0.5) is 0 Å². The average molecular weight is 320 g/mol. The highest BCUT2D eigenvalue weighted by atomic mass is 16.5. The summed E-state index contributed by atoms with van der Waals surface area (Å²) in [7, 11) is 1.59. The molecular weight excluding hydrogens is 296 g/mol. The van der Waals surface area contributed by atoms with Crippen molar-refractivity contribution in [1.29, 1.82) is 0 Å². The average Bonchev–Trinajstić information content (AvgIpc) is 3.22. The molecule has 1 saturated carbocycles. The van der Waals surface area contributed by atoms with E-state index in [2.05, 4.69) is 10.3 Å². The number of ether oxygens (including phenoxy) is 1. The van der Waals surface area contributed by atoms with Crippen LogP contribution in [-0.4, -0.2) is 53.1 Å². The van der Waals surface area contributed by atoms with Gasteiger partial charge >= 0.3 is 0 Å². The number of nitrogens with zero attached hydrogens (tertiary/aromatic N) is 3. The van der Waals surface area contributed by atoms with Gasteiger partial charge in [0.05, 0.1) is 12.6 Å². The zero-order valence-electron chi connectivity index (χ0n) is 13.7. The third-order valence-electron chi connectivity index (χ3n) is 4.54. The number of hydrogen-bond acceptors (Lipinski definition) is 4. The second-order valence-electron chi connectivity index (χ2n) is 6.34. The van der Waals surface area contributed by atoms with Crippen LogP contribution in [-0.2, 0) is 16.1 Å². The maximum Gasteiger partial charge on any atom is 0.271 e. The van der Waals surface area contributed by atoms with Crippen LogP contribution in [0.15, 0.2) is 6.20 Å². The summed E-state index contributed by atoms with van der Waals surface area (Å²) in [6, 6.07) is -0.0875. The number of hydrogen-bond donors (Lipinski definition) is 1. The highest BCUT2D eigenvalue weighted by Crippen LogP contribution is 2.34. The van der Waals surface area contributed by atoms with Crippen molar-refractivity contribution in [2.75, 3.05) is 26.8 Å². The van der Waals surface area contributed by atoms with Crippen molar-refractivity contribution >= 4 is 11.8 Å². The van der Waals surface area contributed by atoms with Crippen LogP contribution in [0.3, 0.4) is 0 Å². The molecule has 1 fully saturated rings. The fraction of sp³-hybridized carbons (Fsp3) is 0.688. The standard InChI is InChI=1S/C16H24N4O3/c1-11-15-18-13(16(22)17-5-8-23-2)10-19(15)6-7-20(11)14(21)9-12-3-4-12/h10-12H,3-9H2,1-2H3,(H,17,22). The van der Waals surface area contributed by atoms with Crippen LogP contribution < -0.4 is 5.32 Å². The minimum absolute atomic E-state index is 0.0875. The van der Waals surface area contributed by atoms with Gasteiger partial charge in [0.15, 0.2) is 0 Å². The molecule has 0 aromatic carbocycles. The first-order valence-corrected chi connectivity index (χ1v) is 8.24. The summed E-state index contributed by atoms with van der Waals surface area (Å²) < 4.78 is 6.90. The molecule has 23 heavy (non-hydrogen) atoms. The Balaban J connectivity index is 1.67. The SMILES string of the molecule is COCCNC(=O)c1cn2c(n1)C(C)N(C(=O)CC1CC1)CC2. The zero-order valence-corrected chi connectivity index (χ0v) is 13.7. The summed E-state index contributed by atoms with van der Waals surface area (Å²) in [4.78, 5) is 30.8. The van der Waals surface area contributed by atoms with Gasteiger partial charge in [0.2, 0.25) is 5.91 Å². The molecular formula is C16H24N4O3. The highest BCUT2D eigenvalue weighted by Gasteiger charge is 2.33. The fourth-order valence-corrected chi connectivity index (χ4v) is 2.98. The summed E-state index contributed by atoms with van der Waals surface area (Å²) >= 11 is 0. The summed E-state index contributed by atoms with van der Waals surface area (Å²) in [6.45, 7) is 4.28. The van der Waals surface area contributed by atoms with Crippen molar-refractivity contribution in [3.05, 3.63) is 17.7 Å². The first kappa shape index (κ1) is 16.0. The molecule has 0 bridgehead atoms. The van der Waals surface area contributed by atoms with Crippen molar-refractivity contribution in [2.24, 2.45) is 5.92 Å². The maximum atomic E-state index is 12.4. The van der Waals surface area contributed by atoms with E-state index in [9.17, 15) is 9.59 Å². The molecule has 0 saturated heterocycles. The number of carbonyl (C=O) groups excluding carboxylic acids is 2. The third-order valence-corrected chi connectivity index (χ3v) is 4.54. The van der Waals surface area contributed by atoms with Gasteiger partial charge in [-0.25, -0.2) is 4.98 Å². The predicted octanol–water partition coefficient (Wildman–Crippen LogP) is 0.963. The van der Waals surface area contributed by atoms with E-state index in [1.54, 1.807) is 13.3 Å². The first-order valence-electron chi connectivity index (χ1n) is 8.24. The van der Waals surface area contributed by atoms with Gasteiger partial charge in [0, 0.05) is 39.4 Å². The molecule has 126 valence electrons. The van der Waals surface area contributed by atoms with E-state index in [-0.39, 0.29) is 17.9 Å². The summed E-state index contributed by atoms with van der Waals surface area (Å²) in [6.07, 6.45) is 4.77. The van der Waals surface area contributed by atoms with Gasteiger partial charge in [-0.1, -0.05) is 0 Å². The minimum atomic E-state index is -0.202. The Labute approximate surface area is 136 Å². The number of fused-ring (bicyclic) bond motifs is 1. The molecule has 1 N–H and O–H groups in total. The molecule has 1 unspecified atom stereocenters. The number of nitrogens with one attached hydrogen (secondary N) is 1. The third kappa shape index (κ3) is 3.55. The van der Waals surface area contributed by atoms with Crippen LogP contribution in [0, 0.1) is 5.92 Å². The molecule has 2 aliphatic rings. The number of imidazole rings is 1. The molecule has 2 heterocycles. The lowest BCUT2D eigenvalue weighted by Gasteiger charge is -2.33. The van der Waals surface area contributed by atoms with E-state index >= 15 is 0 Å². The number of carbonyl (C=O) groups is 2. The second-order valence-corrected chi connectivity index (χ2v) is 6.34. The second kappa shape index (κ2) is 6.70. The van der Waals surface area contributed by atoms with Gasteiger partial charge in [0.1, 0.15) is 11.5 Å². The summed E-state index contributed by atoms with van der Waals surface area (Å²) in [5.74, 6) is 1.38. The van der Waals surface area contributed by atoms with Crippen LogP contribution in [0.2, 0.25) is 0 Å². The molecule has 1 aliphatic carbocycles. The van der Waals surface area contributed by atoms with Crippen LogP contribution in [0.25, 0.3) is 0 Å². The Hall–Kier alpha value is -1.89. The van der Waals surface area contributed by atoms with Gasteiger partial charge in [0.25, 0.3) is 5.91 Å². The van der Waals surface area contributed by atoms with Gasteiger partial charge in [-0.15, -0.1) is 0 Å². The molecule has 2 amide bonds. The van der Waals surface area contributed by atoms with Gasteiger partial charge in [-0.05, 0) is 25.7 Å². The molecule has 1 aromatic rings. The lowest BCUT2D eigenvalue weighted by Crippen LogP contribution is -2.41. The molecule has 1 aliphatic heterocycles. The minimum Gasteiger partial charge on any atom is -0.383 e. The Bertz CT molecular complexity index is 594. The highest BCUT2D eigenvalue weighted by molar-refractivity contribution is 5.92. The zero-order chi connectivity index (χ0) is 16.4. The van der Waals surface area contributed by atoms with Crippen molar-refractivity contribution in [2.45, 2.75) is 38.8 Å². The Morgan fingerprint density at radius 1 is 1.39 bits per heavy atom. The molecule has 1 aromatic heterocycles. The number of rotatable bonds is 6. The molecule has 0 spiro atoms. The predicted molar refractivity (Wildman–Crippen MR) is 83.9 cm³/mol. The molecule has 7 heteroatoms. The molecule has 3 rings (SSSR count). The van der Waals surface area contributed by atoms with Crippen molar-refractivity contribution in [1.82, 2.24) is 19.8 Å². The Morgan fingerprint density at radius 2 is 2.17 bits per heavy atom. The van der Waals surface area contributed by atoms with E-state index in [4.69, 9.17) is 4.74 Å². The van der Waals surface area contributed by atoms with Crippen molar-refractivity contribution < 1.29 is 14.3 Å². The topological polar surface area (TPSA) is 76.5 Å². The van der Waals surface area contributed by atoms with E-state index in [1.165, 1.54) is 12.8 Å². The molecule has 0 radical (unpaired) electrons. The van der Waals surface area contributed by atoms with Crippen molar-refractivity contribution in [3.8, 4) is 0 Å². The van der Waals surface area contributed by atoms with Crippen molar-refractivity contribution in [3.63, 3.8) is 0 Å². The molecule has 1 atom stereocenters. The quantitative estimate of drug-likeness (QED) is 0.792. The molecule has 7 nitrogen and oxygen atoms in total. The van der Waals surface area contributed by atoms with Gasteiger partial charge in [-0.3, -0.25) is 9.59 Å². The lowest BCUT2D eigenvalue weighted by atomic mass is 10.1. The largest absolute Gasteiger partial charge is 0.383 e. The smallest absolute Gasteiger partial charge is 0.271 e. The summed E-state index contributed by atoms with van der Waals surface area (Å²) in [5.41, 5.74) is 0.402. The van der Waals surface area contributed by atoms with E-state index in [1.807, 2.05) is 16.4 Å². The van der Waals surface area contributed by atoms with Crippen LogP contribution in [0.1, 0.15) is 48.5 Å². The maximum absolute atomic E-state index is 12.4. The van der Waals surface area contributed by atoms with E-state index < -0.39 is 0 Å². The monoisotopic (exact) mass is 320 g/mol. The first-order chi connectivity index (χ1) is 11.1. The Kier molecular flexibility index (Phi) is 4.66. The Morgan fingerprint density at radius 3 is 2.87 bits per heavy atom. The number of methoxy groups -OCH3 is 1. The number of amides is 2. The fourth-order valence-electron chi connectivity index (χ4n) is 2.98. The number of aromatic nitrogens is 2. The van der Waals surface area contributed by atoms with Crippen LogP contribution >= 0.6 is 0 Å². The normalized spacial score (nSPS) is 20.3. The lowest BCUT2D eigenvalue weighted by molar-refractivity contribution is -0.134. The van der Waals surface area contributed by atoms with E-state index in [0.29, 0.717) is 44.3 Å². The summed E-state index contributed by atoms with van der Waals surface area (Å²) in [5, 5.41) is 2.77. The van der Waals surface area contributed by atoms with Crippen LogP contribution in [0.5, 0.6) is 0 Å². The van der Waals surface area contributed by atoms with Gasteiger partial charge in [-0.2, -0.15) is 0 Å². The van der Waals surface area contributed by atoms with E-state index in [0.717, 1.165) is 5.82 Å².